The first-order chi connectivity index (χ1) is 8.61. The Balaban J connectivity index is 2.11. The van der Waals surface area contributed by atoms with E-state index in [0.717, 1.165) is 24.5 Å². The summed E-state index contributed by atoms with van der Waals surface area (Å²) in [5.41, 5.74) is 10.6. The van der Waals surface area contributed by atoms with Gasteiger partial charge in [-0.25, -0.2) is 0 Å². The molecule has 1 aromatic carbocycles. The zero-order chi connectivity index (χ0) is 13.1. The number of benzene rings is 1. The summed E-state index contributed by atoms with van der Waals surface area (Å²) in [6.07, 6.45) is 0.760. The number of nitrogens with zero attached hydrogens (tertiary/aromatic N) is 1. The quantitative estimate of drug-likeness (QED) is 0.821. The predicted molar refractivity (Wildman–Crippen MR) is 78.0 cm³/mol. The van der Waals surface area contributed by atoms with Gasteiger partial charge in [0, 0.05) is 35.9 Å². The Hall–Kier alpha value is -1.13. The maximum Gasteiger partial charge on any atom is 0.0684 e. The second-order valence-corrected chi connectivity index (χ2v) is 5.70. The highest BCUT2D eigenvalue weighted by molar-refractivity contribution is 8.03. The lowest BCUT2D eigenvalue weighted by atomic mass is 10.1. The molecule has 0 aromatic heterocycles. The fourth-order valence-electron chi connectivity index (χ4n) is 2.12. The minimum atomic E-state index is 0.222. The summed E-state index contributed by atoms with van der Waals surface area (Å²) in [5, 5.41) is 9.01. The van der Waals surface area contributed by atoms with Crippen molar-refractivity contribution in [1.29, 1.82) is 0 Å². The fraction of sp³-hybridized carbons (Fsp3) is 0.429. The maximum atomic E-state index is 9.01. The van der Waals surface area contributed by atoms with Crippen LogP contribution < -0.4 is 5.73 Å². The average molecular weight is 264 g/mol. The van der Waals surface area contributed by atoms with Gasteiger partial charge in [-0.1, -0.05) is 12.1 Å². The largest absolute Gasteiger partial charge is 0.398 e. The Morgan fingerprint density at radius 2 is 2.17 bits per heavy atom. The molecule has 18 heavy (non-hydrogen) atoms. The second-order valence-electron chi connectivity index (χ2n) is 4.66. The molecular weight excluding hydrogens is 244 g/mol. The van der Waals surface area contributed by atoms with E-state index in [9.17, 15) is 0 Å². The molecule has 0 bridgehead atoms. The Morgan fingerprint density at radius 1 is 1.39 bits per heavy atom. The number of hydrogen-bond acceptors (Lipinski definition) is 4. The molecule has 1 heterocycles. The van der Waals surface area contributed by atoms with Crippen molar-refractivity contribution >= 4 is 17.4 Å². The highest BCUT2D eigenvalue weighted by Gasteiger charge is 2.19. The lowest BCUT2D eigenvalue weighted by Crippen LogP contribution is -2.18. The van der Waals surface area contributed by atoms with E-state index in [0.29, 0.717) is 0 Å². The number of aliphatic hydroxyl groups is 1. The molecule has 1 aromatic rings. The molecule has 0 radical (unpaired) electrons. The SMILES string of the molecule is CC1=C(CCO)SCN1Cc1ccc(C)cc1N. The molecule has 0 atom stereocenters. The molecule has 98 valence electrons. The summed E-state index contributed by atoms with van der Waals surface area (Å²) < 4.78 is 0. The molecule has 0 saturated carbocycles. The summed E-state index contributed by atoms with van der Waals surface area (Å²) in [4.78, 5) is 3.61. The summed E-state index contributed by atoms with van der Waals surface area (Å²) >= 11 is 1.82. The average Bonchev–Trinajstić information content (AvgIpc) is 2.66. The van der Waals surface area contributed by atoms with E-state index in [-0.39, 0.29) is 6.61 Å². The minimum Gasteiger partial charge on any atom is -0.398 e. The number of nitrogens with two attached hydrogens (primary N) is 1. The first-order valence-corrected chi connectivity index (χ1v) is 7.13. The third kappa shape index (κ3) is 2.82. The molecule has 0 unspecified atom stereocenters. The van der Waals surface area contributed by atoms with Crippen LogP contribution in [-0.2, 0) is 6.54 Å². The van der Waals surface area contributed by atoms with Crippen molar-refractivity contribution < 1.29 is 5.11 Å². The van der Waals surface area contributed by atoms with Crippen LogP contribution in [0.2, 0.25) is 0 Å². The first kappa shape index (κ1) is 13.3. The smallest absolute Gasteiger partial charge is 0.0684 e. The molecular formula is C14H20N2OS. The summed E-state index contributed by atoms with van der Waals surface area (Å²) in [7, 11) is 0. The molecule has 4 heteroatoms. The molecule has 3 N–H and O–H groups in total. The number of rotatable bonds is 4. The van der Waals surface area contributed by atoms with E-state index in [4.69, 9.17) is 10.8 Å². The van der Waals surface area contributed by atoms with Crippen molar-refractivity contribution in [1.82, 2.24) is 4.90 Å². The van der Waals surface area contributed by atoms with Gasteiger partial charge in [-0.2, -0.15) is 0 Å². The molecule has 3 nitrogen and oxygen atoms in total. The normalized spacial score (nSPS) is 15.6. The van der Waals surface area contributed by atoms with Crippen molar-refractivity contribution in [2.45, 2.75) is 26.8 Å². The van der Waals surface area contributed by atoms with Crippen LogP contribution in [0.3, 0.4) is 0 Å². The van der Waals surface area contributed by atoms with Crippen LogP contribution >= 0.6 is 11.8 Å². The van der Waals surface area contributed by atoms with Gasteiger partial charge in [-0.3, -0.25) is 0 Å². The number of allylic oxidation sites excluding steroid dienone is 1. The summed E-state index contributed by atoms with van der Waals surface area (Å²) in [5.74, 6) is 0.953. The van der Waals surface area contributed by atoms with Crippen LogP contribution in [0.15, 0.2) is 28.8 Å². The topological polar surface area (TPSA) is 49.5 Å². The lowest BCUT2D eigenvalue weighted by molar-refractivity contribution is 0.300. The Morgan fingerprint density at radius 3 is 2.83 bits per heavy atom. The van der Waals surface area contributed by atoms with Gasteiger partial charge in [0.25, 0.3) is 0 Å². The van der Waals surface area contributed by atoms with E-state index in [1.165, 1.54) is 21.7 Å². The first-order valence-electron chi connectivity index (χ1n) is 6.15. The standard InChI is InChI=1S/C14H20N2OS/c1-10-3-4-12(13(15)7-10)8-16-9-18-14(5-6-17)11(16)2/h3-4,7,17H,5-6,8-9,15H2,1-2H3. The zero-order valence-electron chi connectivity index (χ0n) is 10.9. The third-order valence-corrected chi connectivity index (χ3v) is 4.56. The molecule has 1 aliphatic rings. The highest BCUT2D eigenvalue weighted by Crippen LogP contribution is 2.35. The van der Waals surface area contributed by atoms with Crippen LogP contribution in [-0.4, -0.2) is 22.5 Å². The van der Waals surface area contributed by atoms with Gasteiger partial charge >= 0.3 is 0 Å². The van der Waals surface area contributed by atoms with Gasteiger partial charge in [0.1, 0.15) is 0 Å². The fourth-order valence-corrected chi connectivity index (χ4v) is 3.29. The van der Waals surface area contributed by atoms with Gasteiger partial charge < -0.3 is 15.7 Å². The van der Waals surface area contributed by atoms with Crippen LogP contribution in [0, 0.1) is 6.92 Å². The molecule has 2 rings (SSSR count). The van der Waals surface area contributed by atoms with Crippen molar-refractivity contribution in [3.63, 3.8) is 0 Å². The van der Waals surface area contributed by atoms with E-state index in [2.05, 4.69) is 30.9 Å². The van der Waals surface area contributed by atoms with Crippen LogP contribution in [0.1, 0.15) is 24.5 Å². The predicted octanol–water partition coefficient (Wildman–Crippen LogP) is 2.70. The monoisotopic (exact) mass is 264 g/mol. The van der Waals surface area contributed by atoms with Crippen molar-refractivity contribution in [3.05, 3.63) is 39.9 Å². The van der Waals surface area contributed by atoms with Crippen LogP contribution in [0.25, 0.3) is 0 Å². The summed E-state index contributed by atoms with van der Waals surface area (Å²) in [6, 6.07) is 6.22. The number of anilines is 1. The Kier molecular flexibility index (Phi) is 4.19. The van der Waals surface area contributed by atoms with Gasteiger partial charge in [0.05, 0.1) is 5.88 Å². The number of thioether (sulfide) groups is 1. The van der Waals surface area contributed by atoms with E-state index < -0.39 is 0 Å². The third-order valence-electron chi connectivity index (χ3n) is 3.27. The number of nitrogen functional groups attached to an aromatic ring is 1. The highest BCUT2D eigenvalue weighted by atomic mass is 32.2. The van der Waals surface area contributed by atoms with Crippen molar-refractivity contribution in [3.8, 4) is 0 Å². The molecule has 0 fully saturated rings. The lowest BCUT2D eigenvalue weighted by Gasteiger charge is -2.20. The van der Waals surface area contributed by atoms with Crippen molar-refractivity contribution in [2.24, 2.45) is 0 Å². The molecule has 0 amide bonds. The van der Waals surface area contributed by atoms with E-state index in [1.807, 2.05) is 17.8 Å². The molecule has 0 aliphatic carbocycles. The minimum absolute atomic E-state index is 0.222. The number of hydrogen-bond donors (Lipinski definition) is 2. The van der Waals surface area contributed by atoms with Crippen molar-refractivity contribution in [2.75, 3.05) is 18.2 Å². The van der Waals surface area contributed by atoms with Gasteiger partial charge in [-0.15, -0.1) is 11.8 Å². The summed E-state index contributed by atoms with van der Waals surface area (Å²) in [6.45, 7) is 5.24. The zero-order valence-corrected chi connectivity index (χ0v) is 11.8. The second kappa shape index (κ2) is 5.67. The van der Waals surface area contributed by atoms with Gasteiger partial charge in [0.15, 0.2) is 0 Å². The van der Waals surface area contributed by atoms with E-state index >= 15 is 0 Å². The maximum absolute atomic E-state index is 9.01. The van der Waals surface area contributed by atoms with Crippen LogP contribution in [0.5, 0.6) is 0 Å². The van der Waals surface area contributed by atoms with E-state index in [1.54, 1.807) is 0 Å². The Bertz CT molecular complexity index is 471. The molecule has 0 spiro atoms. The molecule has 1 aliphatic heterocycles. The number of aliphatic hydroxyl groups excluding tert-OH is 1. The molecule has 0 saturated heterocycles. The Labute approximate surface area is 113 Å². The van der Waals surface area contributed by atoms with Gasteiger partial charge in [-0.05, 0) is 31.0 Å². The van der Waals surface area contributed by atoms with Crippen LogP contribution in [0.4, 0.5) is 5.69 Å². The number of aryl methyl sites for hydroxylation is 1. The van der Waals surface area contributed by atoms with Gasteiger partial charge in [0.2, 0.25) is 0 Å².